The molecule has 0 aliphatic carbocycles. The molecule has 0 fully saturated rings. The van der Waals surface area contributed by atoms with Gasteiger partial charge in [0, 0.05) is 28.2 Å². The summed E-state index contributed by atoms with van der Waals surface area (Å²) in [4.78, 5) is 5.09. The maximum Gasteiger partial charge on any atom is 0.126 e. The Morgan fingerprint density at radius 2 is 1.81 bits per heavy atom. The molecule has 31 heavy (non-hydrogen) atoms. The number of phenols is 1. The van der Waals surface area contributed by atoms with E-state index in [0.717, 1.165) is 32.6 Å². The van der Waals surface area contributed by atoms with Crippen molar-refractivity contribution in [1.29, 1.82) is 0 Å². The standard InChI is InChI=1S/C26H27BrN2O2/c1-4-31-20-9-6-18(7-10-20)23-15-24(22-14-19(27)8-12-25(22)30)29-26(28-23)21-11-5-16(2)13-17(21)3/h5-14,24,26,29-30H,4,15H2,1-3H3/t24-,26-/m0/s1. The number of rotatable bonds is 5. The zero-order valence-electron chi connectivity index (χ0n) is 18.0. The molecule has 160 valence electrons. The van der Waals surface area contributed by atoms with Crippen molar-refractivity contribution in [2.45, 2.75) is 39.4 Å². The van der Waals surface area contributed by atoms with Crippen LogP contribution in [0, 0.1) is 13.8 Å². The molecule has 2 N–H and O–H groups in total. The second kappa shape index (κ2) is 9.25. The van der Waals surface area contributed by atoms with Crippen molar-refractivity contribution < 1.29 is 9.84 Å². The lowest BCUT2D eigenvalue weighted by Crippen LogP contribution is -2.33. The van der Waals surface area contributed by atoms with Crippen LogP contribution in [-0.2, 0) is 0 Å². The SMILES string of the molecule is CCOc1ccc(C2=N[C@H](c3ccc(C)cc3C)N[C@H](c3cc(Br)ccc3O)C2)cc1. The molecule has 4 rings (SSSR count). The van der Waals surface area contributed by atoms with E-state index in [2.05, 4.69) is 65.4 Å². The first-order valence-corrected chi connectivity index (χ1v) is 11.4. The topological polar surface area (TPSA) is 53.8 Å². The molecule has 0 aromatic heterocycles. The first-order valence-electron chi connectivity index (χ1n) is 10.6. The molecule has 4 nitrogen and oxygen atoms in total. The van der Waals surface area contributed by atoms with E-state index >= 15 is 0 Å². The highest BCUT2D eigenvalue weighted by Crippen LogP contribution is 2.36. The highest BCUT2D eigenvalue weighted by molar-refractivity contribution is 9.10. The van der Waals surface area contributed by atoms with Crippen LogP contribution >= 0.6 is 15.9 Å². The Morgan fingerprint density at radius 3 is 2.52 bits per heavy atom. The van der Waals surface area contributed by atoms with E-state index in [1.807, 2.05) is 31.2 Å². The number of benzene rings is 3. The monoisotopic (exact) mass is 478 g/mol. The Balaban J connectivity index is 1.75. The van der Waals surface area contributed by atoms with E-state index in [9.17, 15) is 5.11 Å². The Kier molecular flexibility index (Phi) is 6.44. The summed E-state index contributed by atoms with van der Waals surface area (Å²) in [5.74, 6) is 1.14. The van der Waals surface area contributed by atoms with Crippen molar-refractivity contribution in [2.75, 3.05) is 6.61 Å². The molecule has 1 heterocycles. The average molecular weight is 479 g/mol. The van der Waals surface area contributed by atoms with Gasteiger partial charge in [-0.15, -0.1) is 0 Å². The van der Waals surface area contributed by atoms with Crippen molar-refractivity contribution in [3.63, 3.8) is 0 Å². The van der Waals surface area contributed by atoms with Crippen LogP contribution in [0.2, 0.25) is 0 Å². The summed E-state index contributed by atoms with van der Waals surface area (Å²) in [5.41, 5.74) is 6.52. The summed E-state index contributed by atoms with van der Waals surface area (Å²) < 4.78 is 6.53. The first-order chi connectivity index (χ1) is 14.9. The molecule has 3 aromatic carbocycles. The number of nitrogens with zero attached hydrogens (tertiary/aromatic N) is 1. The fourth-order valence-electron chi connectivity index (χ4n) is 4.09. The summed E-state index contributed by atoms with van der Waals surface area (Å²) >= 11 is 3.54. The zero-order valence-corrected chi connectivity index (χ0v) is 19.6. The molecule has 0 amide bonds. The maximum absolute atomic E-state index is 10.6. The fourth-order valence-corrected chi connectivity index (χ4v) is 4.47. The number of aromatic hydroxyl groups is 1. The summed E-state index contributed by atoms with van der Waals surface area (Å²) in [5, 5.41) is 14.2. The Morgan fingerprint density at radius 1 is 1.03 bits per heavy atom. The van der Waals surface area contributed by atoms with Crippen molar-refractivity contribution in [2.24, 2.45) is 4.99 Å². The third kappa shape index (κ3) is 4.83. The van der Waals surface area contributed by atoms with Crippen LogP contribution in [0.3, 0.4) is 0 Å². The number of aryl methyl sites for hydroxylation is 2. The molecular weight excluding hydrogens is 452 g/mol. The Bertz CT molecular complexity index is 1110. The highest BCUT2D eigenvalue weighted by Gasteiger charge is 2.28. The predicted molar refractivity (Wildman–Crippen MR) is 129 cm³/mol. The molecule has 0 radical (unpaired) electrons. The molecule has 0 saturated heterocycles. The third-order valence-corrected chi connectivity index (χ3v) is 6.12. The van der Waals surface area contributed by atoms with E-state index in [0.29, 0.717) is 13.0 Å². The van der Waals surface area contributed by atoms with Gasteiger partial charge in [-0.2, -0.15) is 0 Å². The van der Waals surface area contributed by atoms with Crippen LogP contribution in [0.4, 0.5) is 0 Å². The molecule has 0 spiro atoms. The number of phenolic OH excluding ortho intramolecular Hbond substituents is 1. The van der Waals surface area contributed by atoms with Gasteiger partial charge in [0.2, 0.25) is 0 Å². The largest absolute Gasteiger partial charge is 0.508 e. The minimum absolute atomic E-state index is 0.0673. The lowest BCUT2D eigenvalue weighted by Gasteiger charge is -2.31. The molecule has 0 bridgehead atoms. The molecule has 1 aliphatic heterocycles. The highest BCUT2D eigenvalue weighted by atomic mass is 79.9. The number of hydrogen-bond acceptors (Lipinski definition) is 4. The third-order valence-electron chi connectivity index (χ3n) is 5.62. The van der Waals surface area contributed by atoms with Crippen LogP contribution in [0.1, 0.15) is 53.4 Å². The maximum atomic E-state index is 10.6. The predicted octanol–water partition coefficient (Wildman–Crippen LogP) is 6.39. The molecule has 5 heteroatoms. The molecule has 0 saturated carbocycles. The minimum atomic E-state index is -0.195. The normalized spacial score (nSPS) is 18.5. The average Bonchev–Trinajstić information content (AvgIpc) is 2.76. The van der Waals surface area contributed by atoms with Gasteiger partial charge in [-0.05, 0) is 79.9 Å². The molecule has 1 aliphatic rings. The molecule has 0 unspecified atom stereocenters. The molecule has 3 aromatic rings. The Hall–Kier alpha value is -2.63. The van der Waals surface area contributed by atoms with Gasteiger partial charge in [0.05, 0.1) is 6.61 Å². The summed E-state index contributed by atoms with van der Waals surface area (Å²) in [6, 6.07) is 20.0. The van der Waals surface area contributed by atoms with E-state index in [1.165, 1.54) is 11.1 Å². The van der Waals surface area contributed by atoms with Crippen molar-refractivity contribution >= 4 is 21.6 Å². The van der Waals surface area contributed by atoms with Gasteiger partial charge in [-0.3, -0.25) is 10.3 Å². The van der Waals surface area contributed by atoms with Gasteiger partial charge >= 0.3 is 0 Å². The number of nitrogens with one attached hydrogen (secondary N) is 1. The van der Waals surface area contributed by atoms with Crippen LogP contribution in [0.5, 0.6) is 11.5 Å². The number of ether oxygens (including phenoxy) is 1. The van der Waals surface area contributed by atoms with Crippen LogP contribution in [0.25, 0.3) is 0 Å². The second-order valence-electron chi connectivity index (χ2n) is 7.92. The lowest BCUT2D eigenvalue weighted by molar-refractivity contribution is 0.340. The minimum Gasteiger partial charge on any atom is -0.508 e. The van der Waals surface area contributed by atoms with Gasteiger partial charge in [0.25, 0.3) is 0 Å². The van der Waals surface area contributed by atoms with Crippen LogP contribution in [-0.4, -0.2) is 17.4 Å². The first kappa shape index (κ1) is 21.6. The summed E-state index contributed by atoms with van der Waals surface area (Å²) in [6.45, 7) is 6.84. The number of aliphatic imine (C=N–C) groups is 1. The zero-order chi connectivity index (χ0) is 22.0. The second-order valence-corrected chi connectivity index (χ2v) is 8.84. The van der Waals surface area contributed by atoms with Crippen molar-refractivity contribution in [3.8, 4) is 11.5 Å². The quantitative estimate of drug-likeness (QED) is 0.446. The molecule has 2 atom stereocenters. The van der Waals surface area contributed by atoms with Gasteiger partial charge in [-0.1, -0.05) is 39.7 Å². The van der Waals surface area contributed by atoms with Gasteiger partial charge in [-0.25, -0.2) is 0 Å². The van der Waals surface area contributed by atoms with Gasteiger partial charge < -0.3 is 9.84 Å². The Labute approximate surface area is 192 Å². The van der Waals surface area contributed by atoms with Gasteiger partial charge in [0.1, 0.15) is 17.7 Å². The van der Waals surface area contributed by atoms with E-state index in [4.69, 9.17) is 9.73 Å². The van der Waals surface area contributed by atoms with Crippen LogP contribution in [0.15, 0.2) is 70.1 Å². The lowest BCUT2D eigenvalue weighted by atomic mass is 9.92. The number of halogens is 1. The van der Waals surface area contributed by atoms with Crippen molar-refractivity contribution in [3.05, 3.63) is 93.0 Å². The van der Waals surface area contributed by atoms with E-state index in [1.54, 1.807) is 6.07 Å². The van der Waals surface area contributed by atoms with Crippen molar-refractivity contribution in [1.82, 2.24) is 5.32 Å². The molecular formula is C26H27BrN2O2. The van der Waals surface area contributed by atoms with E-state index < -0.39 is 0 Å². The summed E-state index contributed by atoms with van der Waals surface area (Å²) in [6.07, 6.45) is 0.485. The van der Waals surface area contributed by atoms with Crippen LogP contribution < -0.4 is 10.1 Å². The number of hydrogen-bond donors (Lipinski definition) is 2. The van der Waals surface area contributed by atoms with E-state index in [-0.39, 0.29) is 18.0 Å². The van der Waals surface area contributed by atoms with Gasteiger partial charge in [0.15, 0.2) is 0 Å². The summed E-state index contributed by atoms with van der Waals surface area (Å²) in [7, 11) is 0. The fraction of sp³-hybridized carbons (Fsp3) is 0.269. The smallest absolute Gasteiger partial charge is 0.126 e.